The first kappa shape index (κ1) is 20.5. The maximum atomic E-state index is 13.4. The monoisotopic (exact) mass is 383 g/mol. The quantitative estimate of drug-likeness (QED) is 0.699. The highest BCUT2D eigenvalue weighted by atomic mass is 19.1. The topological polar surface area (TPSA) is 36.4 Å². The van der Waals surface area contributed by atoms with Crippen LogP contribution in [0.25, 0.3) is 0 Å². The minimum absolute atomic E-state index is 0.167. The number of pyridine rings is 1. The molecule has 1 aromatic carbocycles. The summed E-state index contributed by atoms with van der Waals surface area (Å²) in [5, 5.41) is 0. The lowest BCUT2D eigenvalue weighted by atomic mass is 9.96. The minimum Gasteiger partial charge on any atom is -0.342 e. The maximum absolute atomic E-state index is 13.4. The largest absolute Gasteiger partial charge is 0.342 e. The van der Waals surface area contributed by atoms with Crippen molar-refractivity contribution in [2.75, 3.05) is 32.7 Å². The Kier molecular flexibility index (Phi) is 7.54. The standard InChI is InChI=1S/C23H30FN3O/c1-2-27(23(28)15-20-7-4-11-25-16-20)18-21-8-5-12-26(17-21)13-10-19-6-3-9-22(24)14-19/h3-4,6-7,9,11,14,16,21H,2,5,8,10,12-13,15,17-18H2,1H3/t21-/m1/s1. The smallest absolute Gasteiger partial charge is 0.227 e. The van der Waals surface area contributed by atoms with Gasteiger partial charge in [0.1, 0.15) is 5.82 Å². The van der Waals surface area contributed by atoms with Crippen LogP contribution in [-0.4, -0.2) is 53.4 Å². The van der Waals surface area contributed by atoms with Gasteiger partial charge in [-0.25, -0.2) is 4.39 Å². The van der Waals surface area contributed by atoms with Gasteiger partial charge in [-0.2, -0.15) is 0 Å². The predicted molar refractivity (Wildman–Crippen MR) is 109 cm³/mol. The normalized spacial score (nSPS) is 17.4. The number of likely N-dealkylation sites (N-methyl/N-ethyl adjacent to an activating group) is 1. The average Bonchev–Trinajstić information content (AvgIpc) is 2.71. The molecule has 1 aromatic heterocycles. The van der Waals surface area contributed by atoms with Crippen LogP contribution in [0.1, 0.15) is 30.9 Å². The number of hydrogen-bond acceptors (Lipinski definition) is 3. The van der Waals surface area contributed by atoms with Gasteiger partial charge in [0.2, 0.25) is 5.91 Å². The van der Waals surface area contributed by atoms with Crippen molar-refractivity contribution in [3.63, 3.8) is 0 Å². The fourth-order valence-corrected chi connectivity index (χ4v) is 3.99. The number of halogens is 1. The molecule has 28 heavy (non-hydrogen) atoms. The van der Waals surface area contributed by atoms with E-state index >= 15 is 0 Å². The first-order valence-electron chi connectivity index (χ1n) is 10.3. The van der Waals surface area contributed by atoms with Gasteiger partial charge in [-0.3, -0.25) is 9.78 Å². The summed E-state index contributed by atoms with van der Waals surface area (Å²) in [7, 11) is 0. The fourth-order valence-electron chi connectivity index (χ4n) is 3.99. The molecule has 0 spiro atoms. The van der Waals surface area contributed by atoms with Crippen molar-refractivity contribution in [1.82, 2.24) is 14.8 Å². The van der Waals surface area contributed by atoms with E-state index in [0.717, 1.165) is 63.1 Å². The molecule has 1 fully saturated rings. The molecule has 3 rings (SSSR count). The number of carbonyl (C=O) groups excluding carboxylic acids is 1. The van der Waals surface area contributed by atoms with Gasteiger partial charge < -0.3 is 9.80 Å². The first-order valence-corrected chi connectivity index (χ1v) is 10.3. The first-order chi connectivity index (χ1) is 13.6. The van der Waals surface area contributed by atoms with E-state index < -0.39 is 0 Å². The molecule has 2 aromatic rings. The van der Waals surface area contributed by atoms with Crippen molar-refractivity contribution >= 4 is 5.91 Å². The molecular formula is C23H30FN3O. The van der Waals surface area contributed by atoms with Crippen molar-refractivity contribution in [3.8, 4) is 0 Å². The van der Waals surface area contributed by atoms with Gasteiger partial charge in [-0.1, -0.05) is 18.2 Å². The third-order valence-electron chi connectivity index (χ3n) is 5.50. The Balaban J connectivity index is 1.49. The highest BCUT2D eigenvalue weighted by Gasteiger charge is 2.23. The summed E-state index contributed by atoms with van der Waals surface area (Å²) in [5.41, 5.74) is 2.01. The summed E-state index contributed by atoms with van der Waals surface area (Å²) in [6.07, 6.45) is 7.08. The zero-order chi connectivity index (χ0) is 19.8. The Morgan fingerprint density at radius 3 is 2.89 bits per heavy atom. The molecule has 1 amide bonds. The molecule has 1 saturated heterocycles. The van der Waals surface area contributed by atoms with Crippen LogP contribution in [0.15, 0.2) is 48.8 Å². The highest BCUT2D eigenvalue weighted by Crippen LogP contribution is 2.19. The van der Waals surface area contributed by atoms with Crippen molar-refractivity contribution in [2.45, 2.75) is 32.6 Å². The predicted octanol–water partition coefficient (Wildman–Crippen LogP) is 3.57. The molecule has 0 aliphatic carbocycles. The summed E-state index contributed by atoms with van der Waals surface area (Å²) >= 11 is 0. The zero-order valence-corrected chi connectivity index (χ0v) is 16.7. The molecule has 0 bridgehead atoms. The number of hydrogen-bond donors (Lipinski definition) is 0. The number of piperidine rings is 1. The van der Waals surface area contributed by atoms with Gasteiger partial charge in [0, 0.05) is 38.6 Å². The van der Waals surface area contributed by atoms with Crippen LogP contribution in [0.2, 0.25) is 0 Å². The lowest BCUT2D eigenvalue weighted by Gasteiger charge is -2.35. The highest BCUT2D eigenvalue weighted by molar-refractivity contribution is 5.78. The summed E-state index contributed by atoms with van der Waals surface area (Å²) in [4.78, 5) is 21.2. The van der Waals surface area contributed by atoms with Crippen molar-refractivity contribution in [1.29, 1.82) is 0 Å². The van der Waals surface area contributed by atoms with Crippen LogP contribution in [0.3, 0.4) is 0 Å². The van der Waals surface area contributed by atoms with E-state index in [-0.39, 0.29) is 11.7 Å². The number of amides is 1. The molecule has 0 saturated carbocycles. The Morgan fingerprint density at radius 1 is 1.29 bits per heavy atom. The van der Waals surface area contributed by atoms with E-state index in [1.807, 2.05) is 30.0 Å². The van der Waals surface area contributed by atoms with Gasteiger partial charge >= 0.3 is 0 Å². The van der Waals surface area contributed by atoms with Crippen molar-refractivity contribution in [2.24, 2.45) is 5.92 Å². The van der Waals surface area contributed by atoms with Crippen LogP contribution < -0.4 is 0 Å². The van der Waals surface area contributed by atoms with Crippen molar-refractivity contribution < 1.29 is 9.18 Å². The molecule has 5 heteroatoms. The SMILES string of the molecule is CCN(C[C@@H]1CCCN(CCc2cccc(F)c2)C1)C(=O)Cc1cccnc1. The third kappa shape index (κ3) is 6.13. The number of likely N-dealkylation sites (tertiary alicyclic amines) is 1. The molecule has 1 aliphatic rings. The van der Waals surface area contributed by atoms with E-state index in [1.54, 1.807) is 24.5 Å². The molecular weight excluding hydrogens is 353 g/mol. The fraction of sp³-hybridized carbons (Fsp3) is 0.478. The second-order valence-electron chi connectivity index (χ2n) is 7.66. The van der Waals surface area contributed by atoms with Gasteiger partial charge in [0.15, 0.2) is 0 Å². The van der Waals surface area contributed by atoms with E-state index in [0.29, 0.717) is 12.3 Å². The number of aromatic nitrogens is 1. The van der Waals surface area contributed by atoms with E-state index in [9.17, 15) is 9.18 Å². The third-order valence-corrected chi connectivity index (χ3v) is 5.50. The van der Waals surface area contributed by atoms with Gasteiger partial charge in [-0.15, -0.1) is 0 Å². The summed E-state index contributed by atoms with van der Waals surface area (Å²) in [6.45, 7) is 6.62. The van der Waals surface area contributed by atoms with Gasteiger partial charge in [0.25, 0.3) is 0 Å². The lowest BCUT2D eigenvalue weighted by molar-refractivity contribution is -0.131. The summed E-state index contributed by atoms with van der Waals surface area (Å²) < 4.78 is 13.4. The Morgan fingerprint density at radius 2 is 2.14 bits per heavy atom. The van der Waals surface area contributed by atoms with Gasteiger partial charge in [0.05, 0.1) is 6.42 Å². The minimum atomic E-state index is -0.167. The van der Waals surface area contributed by atoms with E-state index in [2.05, 4.69) is 9.88 Å². The number of rotatable bonds is 8. The van der Waals surface area contributed by atoms with Crippen molar-refractivity contribution in [3.05, 3.63) is 65.7 Å². The van der Waals surface area contributed by atoms with Crippen LogP contribution in [0, 0.1) is 11.7 Å². The van der Waals surface area contributed by atoms with E-state index in [1.165, 1.54) is 6.07 Å². The molecule has 0 unspecified atom stereocenters. The van der Waals surface area contributed by atoms with Gasteiger partial charge in [-0.05, 0) is 68.0 Å². The molecule has 0 radical (unpaired) electrons. The number of nitrogens with zero attached hydrogens (tertiary/aromatic N) is 3. The molecule has 150 valence electrons. The van der Waals surface area contributed by atoms with Crippen LogP contribution in [0.5, 0.6) is 0 Å². The lowest BCUT2D eigenvalue weighted by Crippen LogP contribution is -2.43. The van der Waals surface area contributed by atoms with E-state index in [4.69, 9.17) is 0 Å². The molecule has 1 atom stereocenters. The molecule has 2 heterocycles. The van der Waals surface area contributed by atoms with Crippen LogP contribution in [0.4, 0.5) is 4.39 Å². The zero-order valence-electron chi connectivity index (χ0n) is 16.7. The molecule has 4 nitrogen and oxygen atoms in total. The summed E-state index contributed by atoms with van der Waals surface area (Å²) in [6, 6.07) is 10.7. The molecule has 1 aliphatic heterocycles. The maximum Gasteiger partial charge on any atom is 0.227 e. The second-order valence-corrected chi connectivity index (χ2v) is 7.66. The summed E-state index contributed by atoms with van der Waals surface area (Å²) in [5.74, 6) is 0.506. The molecule has 0 N–H and O–H groups in total. The second kappa shape index (κ2) is 10.3. The average molecular weight is 384 g/mol. The number of benzene rings is 1. The Labute approximate surface area is 167 Å². The Bertz CT molecular complexity index is 753. The van der Waals surface area contributed by atoms with Crippen LogP contribution >= 0.6 is 0 Å². The number of carbonyl (C=O) groups is 1. The Hall–Kier alpha value is -2.27. The van der Waals surface area contributed by atoms with Crippen LogP contribution in [-0.2, 0) is 17.6 Å².